The van der Waals surface area contributed by atoms with Gasteiger partial charge in [0.25, 0.3) is 0 Å². The maximum atomic E-state index is 5.48. The van der Waals surface area contributed by atoms with Gasteiger partial charge in [-0.3, -0.25) is 0 Å². The van der Waals surface area contributed by atoms with E-state index in [1.54, 1.807) is 0 Å². The van der Waals surface area contributed by atoms with E-state index in [-0.39, 0.29) is 0 Å². The first-order chi connectivity index (χ1) is 6.02. The van der Waals surface area contributed by atoms with Gasteiger partial charge < -0.3 is 9.64 Å². The molecule has 0 N–H and O–H groups in total. The molecular weight excluding hydrogens is 162 g/mol. The highest BCUT2D eigenvalue weighted by molar-refractivity contribution is 5.10. The summed E-state index contributed by atoms with van der Waals surface area (Å²) in [6.07, 6.45) is 4.07. The second-order valence-electron chi connectivity index (χ2n) is 3.67. The van der Waals surface area contributed by atoms with Crippen LogP contribution < -0.4 is 0 Å². The molecule has 0 aromatic rings. The highest BCUT2D eigenvalue weighted by Crippen LogP contribution is 1.98. The van der Waals surface area contributed by atoms with E-state index in [1.807, 2.05) is 27.1 Å². The minimum atomic E-state index is 0.756. The largest absolute Gasteiger partial charge is 0.497 e. The van der Waals surface area contributed by atoms with Crippen molar-refractivity contribution in [3.8, 4) is 0 Å². The van der Waals surface area contributed by atoms with Gasteiger partial charge in [-0.2, -0.15) is 0 Å². The zero-order chi connectivity index (χ0) is 10.3. The summed E-state index contributed by atoms with van der Waals surface area (Å²) in [7, 11) is 4.08. The van der Waals surface area contributed by atoms with Gasteiger partial charge >= 0.3 is 0 Å². The molecule has 0 aromatic heterocycles. The fourth-order valence-corrected chi connectivity index (χ4v) is 0.721. The highest BCUT2D eigenvalue weighted by Gasteiger charge is 1.91. The molecule has 0 aliphatic carbocycles. The Labute approximate surface area is 81.9 Å². The quantitative estimate of drug-likeness (QED) is 0.479. The third-order valence-corrected chi connectivity index (χ3v) is 1.52. The zero-order valence-corrected chi connectivity index (χ0v) is 9.42. The molecule has 0 aliphatic rings. The molecule has 2 nitrogen and oxygen atoms in total. The van der Waals surface area contributed by atoms with E-state index in [0.717, 1.165) is 18.9 Å². The Morgan fingerprint density at radius 3 is 2.23 bits per heavy atom. The molecule has 0 fully saturated rings. The van der Waals surface area contributed by atoms with E-state index >= 15 is 0 Å². The maximum absolute atomic E-state index is 5.48. The smallest absolute Gasteiger partial charge is 0.100 e. The Morgan fingerprint density at radius 2 is 1.77 bits per heavy atom. The molecule has 76 valence electrons. The van der Waals surface area contributed by atoms with Crippen molar-refractivity contribution < 1.29 is 4.74 Å². The van der Waals surface area contributed by atoms with Crippen LogP contribution in [0, 0.1) is 0 Å². The van der Waals surface area contributed by atoms with Crippen LogP contribution in [0.3, 0.4) is 0 Å². The number of likely N-dealkylation sites (N-methyl/N-ethyl adjacent to an activating group) is 1. The van der Waals surface area contributed by atoms with Crippen LogP contribution >= 0.6 is 0 Å². The fourth-order valence-electron chi connectivity index (χ4n) is 0.721. The van der Waals surface area contributed by atoms with Gasteiger partial charge in [0.2, 0.25) is 0 Å². The Bertz CT molecular complexity index is 188. The molecule has 0 bridgehead atoms. The van der Waals surface area contributed by atoms with Crippen LogP contribution in [-0.4, -0.2) is 32.1 Å². The van der Waals surface area contributed by atoms with Crippen LogP contribution in [0.2, 0.25) is 0 Å². The molecule has 0 atom stereocenters. The van der Waals surface area contributed by atoms with Gasteiger partial charge in [-0.25, -0.2) is 0 Å². The molecule has 0 rings (SSSR count). The lowest BCUT2D eigenvalue weighted by Gasteiger charge is -2.10. The molecular formula is C11H21NO. The van der Waals surface area contributed by atoms with E-state index < -0.39 is 0 Å². The van der Waals surface area contributed by atoms with Crippen LogP contribution in [0.4, 0.5) is 0 Å². The zero-order valence-electron chi connectivity index (χ0n) is 9.42. The van der Waals surface area contributed by atoms with E-state index in [4.69, 9.17) is 4.74 Å². The van der Waals surface area contributed by atoms with Crippen LogP contribution in [0.1, 0.15) is 20.8 Å². The number of allylic oxidation sites excluding steroid dienone is 4. The number of hydrogen-bond donors (Lipinski definition) is 0. The van der Waals surface area contributed by atoms with Crippen molar-refractivity contribution in [2.45, 2.75) is 20.8 Å². The number of rotatable bonds is 5. The second-order valence-corrected chi connectivity index (χ2v) is 3.67. The SMILES string of the molecule is CC(C)=C/C=C(\C)OCCN(C)C. The van der Waals surface area contributed by atoms with E-state index in [2.05, 4.69) is 24.8 Å². The Hall–Kier alpha value is -0.760. The van der Waals surface area contributed by atoms with Crippen molar-refractivity contribution in [1.29, 1.82) is 0 Å². The van der Waals surface area contributed by atoms with Crippen molar-refractivity contribution >= 4 is 0 Å². The Kier molecular flexibility index (Phi) is 6.33. The van der Waals surface area contributed by atoms with Gasteiger partial charge in [0.15, 0.2) is 0 Å². The fraction of sp³-hybridized carbons (Fsp3) is 0.636. The lowest BCUT2D eigenvalue weighted by atomic mass is 10.3. The van der Waals surface area contributed by atoms with Crippen LogP contribution in [0.15, 0.2) is 23.5 Å². The molecule has 0 amide bonds. The normalized spacial score (nSPS) is 11.7. The summed E-state index contributed by atoms with van der Waals surface area (Å²) >= 11 is 0. The van der Waals surface area contributed by atoms with Crippen LogP contribution in [-0.2, 0) is 4.74 Å². The third kappa shape index (κ3) is 9.15. The lowest BCUT2D eigenvalue weighted by Crippen LogP contribution is -2.17. The summed E-state index contributed by atoms with van der Waals surface area (Å²) in [5.74, 6) is 0.975. The number of hydrogen-bond acceptors (Lipinski definition) is 2. The van der Waals surface area contributed by atoms with E-state index in [9.17, 15) is 0 Å². The van der Waals surface area contributed by atoms with Gasteiger partial charge in [0.05, 0.1) is 5.76 Å². The molecule has 0 aliphatic heterocycles. The number of nitrogens with zero attached hydrogens (tertiary/aromatic N) is 1. The molecule has 0 heterocycles. The topological polar surface area (TPSA) is 12.5 Å². The predicted octanol–water partition coefficient (Wildman–Crippen LogP) is 2.43. The second kappa shape index (κ2) is 6.72. The first-order valence-electron chi connectivity index (χ1n) is 4.61. The van der Waals surface area contributed by atoms with Gasteiger partial charge in [-0.05, 0) is 40.9 Å². The predicted molar refractivity (Wildman–Crippen MR) is 57.7 cm³/mol. The molecule has 0 saturated carbocycles. The summed E-state index contributed by atoms with van der Waals surface area (Å²) in [6, 6.07) is 0. The van der Waals surface area contributed by atoms with Gasteiger partial charge in [0.1, 0.15) is 6.61 Å². The maximum Gasteiger partial charge on any atom is 0.100 e. The minimum Gasteiger partial charge on any atom is -0.497 e. The van der Waals surface area contributed by atoms with Gasteiger partial charge in [-0.1, -0.05) is 11.6 Å². The van der Waals surface area contributed by atoms with Crippen molar-refractivity contribution in [3.63, 3.8) is 0 Å². The first-order valence-corrected chi connectivity index (χ1v) is 4.61. The number of ether oxygens (including phenoxy) is 1. The van der Waals surface area contributed by atoms with Gasteiger partial charge in [-0.15, -0.1) is 0 Å². The van der Waals surface area contributed by atoms with Crippen molar-refractivity contribution in [3.05, 3.63) is 23.5 Å². The van der Waals surface area contributed by atoms with E-state index in [1.165, 1.54) is 5.57 Å². The Balaban J connectivity index is 3.68. The highest BCUT2D eigenvalue weighted by atomic mass is 16.5. The first kappa shape index (κ1) is 12.2. The molecule has 0 unspecified atom stereocenters. The van der Waals surface area contributed by atoms with Gasteiger partial charge in [0, 0.05) is 6.54 Å². The Morgan fingerprint density at radius 1 is 1.15 bits per heavy atom. The summed E-state index contributed by atoms with van der Waals surface area (Å²) < 4.78 is 5.48. The summed E-state index contributed by atoms with van der Waals surface area (Å²) in [5.41, 5.74) is 1.29. The summed E-state index contributed by atoms with van der Waals surface area (Å²) in [4.78, 5) is 2.11. The summed E-state index contributed by atoms with van der Waals surface area (Å²) in [5, 5.41) is 0. The lowest BCUT2D eigenvalue weighted by molar-refractivity contribution is 0.185. The average Bonchev–Trinajstić information content (AvgIpc) is 2.00. The monoisotopic (exact) mass is 183 g/mol. The molecule has 13 heavy (non-hydrogen) atoms. The third-order valence-electron chi connectivity index (χ3n) is 1.52. The molecule has 0 saturated heterocycles. The molecule has 0 aromatic carbocycles. The van der Waals surface area contributed by atoms with E-state index in [0.29, 0.717) is 0 Å². The van der Waals surface area contributed by atoms with Crippen LogP contribution in [0.25, 0.3) is 0 Å². The molecule has 0 radical (unpaired) electrons. The van der Waals surface area contributed by atoms with Crippen molar-refractivity contribution in [2.24, 2.45) is 0 Å². The summed E-state index contributed by atoms with van der Waals surface area (Å²) in [6.45, 7) is 7.84. The standard InChI is InChI=1S/C11H21NO/c1-10(2)6-7-11(3)13-9-8-12(4)5/h6-7H,8-9H2,1-5H3/b11-7+. The average molecular weight is 183 g/mol. The van der Waals surface area contributed by atoms with Crippen LogP contribution in [0.5, 0.6) is 0 Å². The van der Waals surface area contributed by atoms with Crippen molar-refractivity contribution in [2.75, 3.05) is 27.2 Å². The molecule has 2 heteroatoms. The minimum absolute atomic E-state index is 0.756. The van der Waals surface area contributed by atoms with Crippen molar-refractivity contribution in [1.82, 2.24) is 4.90 Å². The molecule has 0 spiro atoms.